The second kappa shape index (κ2) is 7.86. The largest absolute Gasteiger partial charge is 0.591 e. The molecule has 0 saturated heterocycles. The quantitative estimate of drug-likeness (QED) is 0.756. The van der Waals surface area contributed by atoms with E-state index in [0.29, 0.717) is 23.0 Å². The molecule has 140 valence electrons. The van der Waals surface area contributed by atoms with E-state index >= 15 is 0 Å². The zero-order valence-corrected chi connectivity index (χ0v) is 15.1. The molecule has 6 nitrogen and oxygen atoms in total. The topological polar surface area (TPSA) is 90.6 Å². The van der Waals surface area contributed by atoms with Crippen molar-refractivity contribution in [2.24, 2.45) is 0 Å². The van der Waals surface area contributed by atoms with Crippen LogP contribution >= 0.6 is 0 Å². The summed E-state index contributed by atoms with van der Waals surface area (Å²) in [6, 6.07) is 10.3. The van der Waals surface area contributed by atoms with Crippen LogP contribution in [0.5, 0.6) is 23.0 Å². The molecule has 1 unspecified atom stereocenters. The monoisotopic (exact) mass is 370 g/mol. The van der Waals surface area contributed by atoms with E-state index in [1.165, 1.54) is 20.3 Å². The Balaban J connectivity index is 1.80. The lowest BCUT2D eigenvalue weighted by atomic mass is 10.0. The van der Waals surface area contributed by atoms with Gasteiger partial charge in [-0.05, 0) is 41.5 Å². The Bertz CT molecular complexity index is 913. The van der Waals surface area contributed by atoms with Gasteiger partial charge in [0.05, 0.1) is 20.6 Å². The van der Waals surface area contributed by atoms with Gasteiger partial charge in [0.25, 0.3) is 11.5 Å². The Labute approximate surface area is 156 Å². The molecule has 2 aromatic carbocycles. The van der Waals surface area contributed by atoms with E-state index in [4.69, 9.17) is 24.4 Å². The number of ketones is 1. The van der Waals surface area contributed by atoms with Gasteiger partial charge in [-0.3, -0.25) is 4.79 Å². The van der Waals surface area contributed by atoms with E-state index in [1.807, 2.05) is 0 Å². The van der Waals surface area contributed by atoms with Crippen LogP contribution in [-0.2, 0) is 9.53 Å². The molecule has 4 N–H and O–H groups in total. The van der Waals surface area contributed by atoms with Crippen molar-refractivity contribution in [1.82, 2.24) is 0 Å². The van der Waals surface area contributed by atoms with Crippen molar-refractivity contribution in [2.75, 3.05) is 14.2 Å². The summed E-state index contributed by atoms with van der Waals surface area (Å²) in [4.78, 5) is 12.1. The predicted octanol–water partition coefficient (Wildman–Crippen LogP) is 3.21. The maximum Gasteiger partial charge on any atom is 0.296 e. The minimum atomic E-state index is -0.429. The predicted molar refractivity (Wildman–Crippen MR) is 103 cm³/mol. The van der Waals surface area contributed by atoms with Gasteiger partial charge in [-0.25, -0.2) is 0 Å². The molecule has 0 amide bonds. The number of benzene rings is 2. The third kappa shape index (κ3) is 4.23. The highest BCUT2D eigenvalue weighted by Gasteiger charge is 2.24. The van der Waals surface area contributed by atoms with E-state index in [1.54, 1.807) is 48.6 Å². The van der Waals surface area contributed by atoms with Crippen molar-refractivity contribution in [3.8, 4) is 23.0 Å². The molecule has 1 aliphatic rings. The Kier molecular flexibility index (Phi) is 5.35. The SMILES string of the molecule is COc1cc(/C=C/C2=CC(=O)CC(c3ccc([OH2+])c(OC)c3)O2)ccc1[OH2+]. The zero-order chi connectivity index (χ0) is 19.4. The van der Waals surface area contributed by atoms with Gasteiger partial charge in [0.2, 0.25) is 11.5 Å². The number of ether oxygens (including phenoxy) is 3. The van der Waals surface area contributed by atoms with Crippen molar-refractivity contribution in [1.29, 1.82) is 0 Å². The van der Waals surface area contributed by atoms with Gasteiger partial charge in [-0.2, -0.15) is 0 Å². The number of allylic oxidation sites excluding steroid dienone is 2. The van der Waals surface area contributed by atoms with Gasteiger partial charge in [-0.15, -0.1) is 0 Å². The van der Waals surface area contributed by atoms with Crippen LogP contribution < -0.4 is 9.47 Å². The molecule has 1 aliphatic heterocycles. The third-order valence-electron chi connectivity index (χ3n) is 4.23. The summed E-state index contributed by atoms with van der Waals surface area (Å²) in [6.45, 7) is 0. The van der Waals surface area contributed by atoms with Crippen LogP contribution in [0, 0.1) is 0 Å². The molecule has 0 saturated carbocycles. The minimum absolute atomic E-state index is 0.0288. The zero-order valence-electron chi connectivity index (χ0n) is 15.1. The molecule has 6 heteroatoms. The van der Waals surface area contributed by atoms with Crippen LogP contribution in [0.1, 0.15) is 23.7 Å². The standard InChI is InChI=1S/C21H20O6/c1-25-20-9-13(4-7-17(20)23)3-6-16-11-15(22)12-19(27-16)14-5-8-18(24)21(10-14)26-2/h3-11,19,23-24H,12H2,1-2H3/p+2/b6-3+. The van der Waals surface area contributed by atoms with Gasteiger partial charge in [0.1, 0.15) is 11.9 Å². The van der Waals surface area contributed by atoms with E-state index in [-0.39, 0.29) is 18.0 Å². The maximum atomic E-state index is 12.1. The maximum absolute atomic E-state index is 12.1. The summed E-state index contributed by atoms with van der Waals surface area (Å²) in [5, 5.41) is 15.5. The lowest BCUT2D eigenvalue weighted by molar-refractivity contribution is -0.118. The molecule has 0 spiro atoms. The summed E-state index contributed by atoms with van der Waals surface area (Å²) in [7, 11) is 3.03. The van der Waals surface area contributed by atoms with Crippen LogP contribution in [0.25, 0.3) is 6.08 Å². The summed E-state index contributed by atoms with van der Waals surface area (Å²) in [5.74, 6) is 1.94. The van der Waals surface area contributed by atoms with Crippen LogP contribution in [0.3, 0.4) is 0 Å². The molecule has 3 rings (SSSR count). The molecule has 0 radical (unpaired) electrons. The van der Waals surface area contributed by atoms with Crippen LogP contribution in [0.2, 0.25) is 0 Å². The molecular weight excluding hydrogens is 348 g/mol. The molecule has 0 aromatic heterocycles. The fourth-order valence-electron chi connectivity index (χ4n) is 2.81. The third-order valence-corrected chi connectivity index (χ3v) is 4.23. The number of carbonyl (C=O) groups excluding carboxylic acids is 1. The van der Waals surface area contributed by atoms with E-state index < -0.39 is 6.10 Å². The van der Waals surface area contributed by atoms with Gasteiger partial charge in [0, 0.05) is 18.2 Å². The molecule has 1 atom stereocenters. The van der Waals surface area contributed by atoms with E-state index in [0.717, 1.165) is 11.1 Å². The number of rotatable bonds is 5. The van der Waals surface area contributed by atoms with Crippen LogP contribution in [0.15, 0.2) is 54.3 Å². The van der Waals surface area contributed by atoms with Gasteiger partial charge >= 0.3 is 0 Å². The second-order valence-electron chi connectivity index (χ2n) is 6.08. The van der Waals surface area contributed by atoms with Crippen molar-refractivity contribution >= 4 is 11.9 Å². The number of methoxy groups -OCH3 is 2. The van der Waals surface area contributed by atoms with Crippen LogP contribution in [-0.4, -0.2) is 30.2 Å². The average molecular weight is 370 g/mol. The van der Waals surface area contributed by atoms with Gasteiger partial charge < -0.3 is 24.4 Å². The summed E-state index contributed by atoms with van der Waals surface area (Å²) in [6.07, 6.45) is 4.80. The lowest BCUT2D eigenvalue weighted by Crippen LogP contribution is -2.14. The number of hydrogen-bond donors (Lipinski definition) is 0. The molecule has 0 aliphatic carbocycles. The van der Waals surface area contributed by atoms with E-state index in [2.05, 4.69) is 0 Å². The van der Waals surface area contributed by atoms with Crippen molar-refractivity contribution in [3.05, 3.63) is 65.4 Å². The fraction of sp³-hybridized carbons (Fsp3) is 0.190. The first-order valence-corrected chi connectivity index (χ1v) is 8.38. The van der Waals surface area contributed by atoms with Crippen molar-refractivity contribution in [3.63, 3.8) is 0 Å². The first-order valence-electron chi connectivity index (χ1n) is 8.38. The fourth-order valence-corrected chi connectivity index (χ4v) is 2.81. The van der Waals surface area contributed by atoms with E-state index in [9.17, 15) is 4.79 Å². The Morgan fingerprint density at radius 2 is 1.67 bits per heavy atom. The van der Waals surface area contributed by atoms with Gasteiger partial charge in [0.15, 0.2) is 5.78 Å². The highest BCUT2D eigenvalue weighted by molar-refractivity contribution is 5.92. The Morgan fingerprint density at radius 3 is 2.37 bits per heavy atom. The van der Waals surface area contributed by atoms with Crippen LogP contribution in [0.4, 0.5) is 0 Å². The lowest BCUT2D eigenvalue weighted by Gasteiger charge is -2.23. The summed E-state index contributed by atoms with van der Waals surface area (Å²) >= 11 is 0. The molecular formula is C21H22O6+2. The van der Waals surface area contributed by atoms with Crippen molar-refractivity contribution < 1.29 is 29.2 Å². The summed E-state index contributed by atoms with van der Waals surface area (Å²) in [5.41, 5.74) is 1.62. The highest BCUT2D eigenvalue weighted by atomic mass is 16.5. The first kappa shape index (κ1) is 18.4. The number of hydrogen-bond acceptors (Lipinski definition) is 4. The molecule has 1 heterocycles. The Morgan fingerprint density at radius 1 is 1.00 bits per heavy atom. The minimum Gasteiger partial charge on any atom is -0.591 e. The highest BCUT2D eigenvalue weighted by Crippen LogP contribution is 2.35. The molecule has 2 aromatic rings. The smallest absolute Gasteiger partial charge is 0.296 e. The summed E-state index contributed by atoms with van der Waals surface area (Å²) < 4.78 is 16.3. The molecule has 27 heavy (non-hydrogen) atoms. The van der Waals surface area contributed by atoms with Gasteiger partial charge in [-0.1, -0.05) is 6.08 Å². The molecule has 0 fully saturated rings. The number of carbonyl (C=O) groups is 1. The Hall–Kier alpha value is -3.41. The average Bonchev–Trinajstić information content (AvgIpc) is 2.67. The normalized spacial score (nSPS) is 16.7. The van der Waals surface area contributed by atoms with Crippen molar-refractivity contribution in [2.45, 2.75) is 12.5 Å². The second-order valence-corrected chi connectivity index (χ2v) is 6.08. The molecule has 0 bridgehead atoms. The first-order chi connectivity index (χ1) is 13.0.